The van der Waals surface area contributed by atoms with E-state index in [-0.39, 0.29) is 24.2 Å². The van der Waals surface area contributed by atoms with Crippen molar-refractivity contribution in [1.29, 1.82) is 0 Å². The Morgan fingerprint density at radius 2 is 1.77 bits per heavy atom. The standard InChI is InChI=1S/C20H21N3O2.ClH/c24-19(22-15-10-11-15)13-6-8-14(9-7-13)23-20(25)17-3-1-5-18-16(17)4-2-12-21-18;/h1,3,5-9,15,21H,2,4,10-12H2,(H,22,24)(H,23,25);1H. The van der Waals surface area contributed by atoms with Crippen LogP contribution in [0.25, 0.3) is 0 Å². The molecule has 3 N–H and O–H groups in total. The molecule has 5 nitrogen and oxygen atoms in total. The highest BCUT2D eigenvalue weighted by molar-refractivity contribution is 6.06. The van der Waals surface area contributed by atoms with Crippen LogP contribution in [-0.2, 0) is 6.42 Å². The van der Waals surface area contributed by atoms with Crippen LogP contribution in [0.15, 0.2) is 42.5 Å². The summed E-state index contributed by atoms with van der Waals surface area (Å²) in [6, 6.07) is 13.1. The Labute approximate surface area is 159 Å². The van der Waals surface area contributed by atoms with Gasteiger partial charge >= 0.3 is 0 Å². The number of benzene rings is 2. The van der Waals surface area contributed by atoms with Crippen LogP contribution in [0.5, 0.6) is 0 Å². The van der Waals surface area contributed by atoms with Crippen LogP contribution in [0.4, 0.5) is 11.4 Å². The molecule has 0 saturated heterocycles. The molecule has 0 bridgehead atoms. The van der Waals surface area contributed by atoms with E-state index in [2.05, 4.69) is 16.0 Å². The highest BCUT2D eigenvalue weighted by atomic mass is 35.5. The number of hydrogen-bond donors (Lipinski definition) is 3. The van der Waals surface area contributed by atoms with Gasteiger partial charge in [0.05, 0.1) is 0 Å². The number of halogens is 1. The first kappa shape index (κ1) is 18.3. The van der Waals surface area contributed by atoms with Gasteiger partial charge in [-0.25, -0.2) is 0 Å². The summed E-state index contributed by atoms with van der Waals surface area (Å²) < 4.78 is 0. The van der Waals surface area contributed by atoms with Crippen molar-refractivity contribution in [3.05, 3.63) is 59.2 Å². The molecule has 0 atom stereocenters. The van der Waals surface area contributed by atoms with Crippen molar-refractivity contribution < 1.29 is 9.59 Å². The number of fused-ring (bicyclic) bond motifs is 1. The zero-order valence-corrected chi connectivity index (χ0v) is 15.2. The first-order valence-corrected chi connectivity index (χ1v) is 8.79. The van der Waals surface area contributed by atoms with Gasteiger partial charge in [-0.3, -0.25) is 9.59 Å². The minimum atomic E-state index is -0.115. The van der Waals surface area contributed by atoms with Crippen molar-refractivity contribution in [1.82, 2.24) is 5.32 Å². The molecule has 136 valence electrons. The summed E-state index contributed by atoms with van der Waals surface area (Å²) in [4.78, 5) is 24.6. The molecule has 1 fully saturated rings. The minimum Gasteiger partial charge on any atom is -0.385 e. The van der Waals surface area contributed by atoms with Crippen LogP contribution in [0, 0.1) is 0 Å². The Hall–Kier alpha value is -2.53. The summed E-state index contributed by atoms with van der Waals surface area (Å²) in [5.74, 6) is -0.167. The molecule has 1 aliphatic heterocycles. The van der Waals surface area contributed by atoms with E-state index in [9.17, 15) is 9.59 Å². The van der Waals surface area contributed by atoms with Gasteiger partial charge in [0.15, 0.2) is 0 Å². The molecular weight excluding hydrogens is 350 g/mol. The van der Waals surface area contributed by atoms with Crippen LogP contribution in [0.2, 0.25) is 0 Å². The summed E-state index contributed by atoms with van der Waals surface area (Å²) in [6.07, 6.45) is 4.07. The van der Waals surface area contributed by atoms with E-state index < -0.39 is 0 Å². The predicted octanol–water partition coefficient (Wildman–Crippen LogP) is 3.61. The molecule has 2 aromatic carbocycles. The summed E-state index contributed by atoms with van der Waals surface area (Å²) in [5.41, 5.74) is 4.14. The molecule has 2 aromatic rings. The Balaban J connectivity index is 0.00000196. The summed E-state index contributed by atoms with van der Waals surface area (Å²) in [5, 5.41) is 9.22. The van der Waals surface area contributed by atoms with Gasteiger partial charge in [0.1, 0.15) is 0 Å². The maximum Gasteiger partial charge on any atom is 0.256 e. The van der Waals surface area contributed by atoms with Gasteiger partial charge in [0.25, 0.3) is 11.8 Å². The van der Waals surface area contributed by atoms with Gasteiger partial charge in [0, 0.05) is 35.1 Å². The second-order valence-corrected chi connectivity index (χ2v) is 6.64. The zero-order valence-electron chi connectivity index (χ0n) is 14.4. The van der Waals surface area contributed by atoms with Crippen LogP contribution >= 0.6 is 12.4 Å². The third-order valence-corrected chi connectivity index (χ3v) is 4.66. The van der Waals surface area contributed by atoms with Gasteiger partial charge in [0.2, 0.25) is 0 Å². The number of carbonyl (C=O) groups excluding carboxylic acids is 2. The first-order valence-electron chi connectivity index (χ1n) is 8.79. The van der Waals surface area contributed by atoms with E-state index in [0.717, 1.165) is 43.5 Å². The fourth-order valence-corrected chi connectivity index (χ4v) is 3.12. The molecule has 4 rings (SSSR count). The average molecular weight is 372 g/mol. The monoisotopic (exact) mass is 371 g/mol. The third kappa shape index (κ3) is 3.99. The largest absolute Gasteiger partial charge is 0.385 e. The second-order valence-electron chi connectivity index (χ2n) is 6.64. The van der Waals surface area contributed by atoms with E-state index in [1.54, 1.807) is 24.3 Å². The molecule has 0 aromatic heterocycles. The highest BCUT2D eigenvalue weighted by Crippen LogP contribution is 2.26. The average Bonchev–Trinajstić information content (AvgIpc) is 3.45. The fourth-order valence-electron chi connectivity index (χ4n) is 3.12. The van der Waals surface area contributed by atoms with E-state index in [1.165, 1.54) is 0 Å². The van der Waals surface area contributed by atoms with E-state index in [1.807, 2.05) is 18.2 Å². The minimum absolute atomic E-state index is 0. The van der Waals surface area contributed by atoms with Crippen molar-refractivity contribution in [2.75, 3.05) is 17.2 Å². The maximum absolute atomic E-state index is 12.6. The van der Waals surface area contributed by atoms with E-state index in [0.29, 0.717) is 22.9 Å². The van der Waals surface area contributed by atoms with Crippen molar-refractivity contribution in [3.63, 3.8) is 0 Å². The third-order valence-electron chi connectivity index (χ3n) is 4.66. The molecule has 2 amide bonds. The summed E-state index contributed by atoms with van der Waals surface area (Å²) in [6.45, 7) is 0.947. The molecule has 26 heavy (non-hydrogen) atoms. The molecule has 6 heteroatoms. The van der Waals surface area contributed by atoms with Crippen molar-refractivity contribution in [2.45, 2.75) is 31.7 Å². The van der Waals surface area contributed by atoms with Crippen molar-refractivity contribution in [3.8, 4) is 0 Å². The molecule has 0 spiro atoms. The lowest BCUT2D eigenvalue weighted by Crippen LogP contribution is -2.25. The number of anilines is 2. The zero-order chi connectivity index (χ0) is 17.2. The predicted molar refractivity (Wildman–Crippen MR) is 105 cm³/mol. The van der Waals surface area contributed by atoms with Crippen LogP contribution in [0.1, 0.15) is 45.5 Å². The first-order chi connectivity index (χ1) is 12.2. The summed E-state index contributed by atoms with van der Waals surface area (Å²) in [7, 11) is 0. The van der Waals surface area contributed by atoms with E-state index in [4.69, 9.17) is 0 Å². The fraction of sp³-hybridized carbons (Fsp3) is 0.300. The number of nitrogens with one attached hydrogen (secondary N) is 3. The normalized spacial score (nSPS) is 15.1. The second kappa shape index (κ2) is 7.79. The Morgan fingerprint density at radius 1 is 1.00 bits per heavy atom. The van der Waals surface area contributed by atoms with Crippen LogP contribution in [-0.4, -0.2) is 24.4 Å². The Bertz CT molecular complexity index is 816. The number of rotatable bonds is 4. The molecule has 0 radical (unpaired) electrons. The van der Waals surface area contributed by atoms with E-state index >= 15 is 0 Å². The van der Waals surface area contributed by atoms with Gasteiger partial charge in [-0.15, -0.1) is 12.4 Å². The molecule has 1 heterocycles. The SMILES string of the molecule is Cl.O=C(NC1CC1)c1ccc(NC(=O)c2cccc3c2CCCN3)cc1. The maximum atomic E-state index is 12.6. The molecule has 1 saturated carbocycles. The lowest BCUT2D eigenvalue weighted by molar-refractivity contribution is 0.0950. The number of carbonyl (C=O) groups is 2. The Kier molecular flexibility index (Phi) is 5.47. The van der Waals surface area contributed by atoms with Gasteiger partial charge in [-0.2, -0.15) is 0 Å². The van der Waals surface area contributed by atoms with Gasteiger partial charge in [-0.05, 0) is 67.6 Å². The van der Waals surface area contributed by atoms with Crippen molar-refractivity contribution >= 4 is 35.6 Å². The molecular formula is C20H22ClN3O2. The topological polar surface area (TPSA) is 70.2 Å². The lowest BCUT2D eigenvalue weighted by atomic mass is 9.97. The quantitative estimate of drug-likeness (QED) is 0.768. The number of hydrogen-bond acceptors (Lipinski definition) is 3. The number of amides is 2. The van der Waals surface area contributed by atoms with Gasteiger partial charge < -0.3 is 16.0 Å². The highest BCUT2D eigenvalue weighted by Gasteiger charge is 2.23. The molecule has 1 aliphatic carbocycles. The molecule has 2 aliphatic rings. The van der Waals surface area contributed by atoms with Crippen LogP contribution in [0.3, 0.4) is 0 Å². The van der Waals surface area contributed by atoms with Crippen molar-refractivity contribution in [2.24, 2.45) is 0 Å². The lowest BCUT2D eigenvalue weighted by Gasteiger charge is -2.20. The molecule has 0 unspecified atom stereocenters. The Morgan fingerprint density at radius 3 is 2.50 bits per heavy atom. The summed E-state index contributed by atoms with van der Waals surface area (Å²) >= 11 is 0. The van der Waals surface area contributed by atoms with Gasteiger partial charge in [-0.1, -0.05) is 6.07 Å². The van der Waals surface area contributed by atoms with Crippen LogP contribution < -0.4 is 16.0 Å². The smallest absolute Gasteiger partial charge is 0.256 e.